The minimum absolute atomic E-state index is 0.156. The summed E-state index contributed by atoms with van der Waals surface area (Å²) in [4.78, 5) is 19.0. The third kappa shape index (κ3) is 2.72. The van der Waals surface area contributed by atoms with Gasteiger partial charge in [0.15, 0.2) is 5.76 Å². The van der Waals surface area contributed by atoms with Gasteiger partial charge < -0.3 is 9.73 Å². The maximum Gasteiger partial charge on any atom is 0.287 e. The van der Waals surface area contributed by atoms with E-state index >= 15 is 0 Å². The van der Waals surface area contributed by atoms with Gasteiger partial charge in [-0.1, -0.05) is 11.6 Å². The van der Waals surface area contributed by atoms with E-state index in [1.165, 1.54) is 0 Å². The Kier molecular flexibility index (Phi) is 4.06. The Morgan fingerprint density at radius 3 is 2.83 bits per heavy atom. The zero-order chi connectivity index (χ0) is 16.7. The zero-order valence-corrected chi connectivity index (χ0v) is 14.3. The van der Waals surface area contributed by atoms with Gasteiger partial charge in [0, 0.05) is 30.0 Å². The van der Waals surface area contributed by atoms with E-state index in [1.54, 1.807) is 30.6 Å². The first-order chi connectivity index (χ1) is 11.6. The summed E-state index contributed by atoms with van der Waals surface area (Å²) in [7, 11) is 0. The molecule has 2 atom stereocenters. The van der Waals surface area contributed by atoms with Gasteiger partial charge in [0.1, 0.15) is 5.76 Å². The maximum absolute atomic E-state index is 12.6. The number of nitrogens with one attached hydrogen (secondary N) is 1. The number of aromatic nitrogens is 1. The van der Waals surface area contributed by atoms with Gasteiger partial charge in [-0.15, -0.1) is 0 Å². The third-order valence-electron chi connectivity index (χ3n) is 5.34. The number of halogens is 1. The molecule has 5 nitrogen and oxygen atoms in total. The normalized spacial score (nSPS) is 28.8. The summed E-state index contributed by atoms with van der Waals surface area (Å²) in [5.74, 6) is 1.31. The van der Waals surface area contributed by atoms with Crippen LogP contribution in [-0.2, 0) is 0 Å². The number of carbonyl (C=O) groups excluding carboxylic acids is 1. The van der Waals surface area contributed by atoms with Crippen molar-refractivity contribution in [1.29, 1.82) is 0 Å². The van der Waals surface area contributed by atoms with Crippen LogP contribution >= 0.6 is 11.6 Å². The average molecular weight is 346 g/mol. The Bertz CT molecular complexity index is 750. The molecule has 126 valence electrons. The van der Waals surface area contributed by atoms with Gasteiger partial charge in [-0.2, -0.15) is 0 Å². The van der Waals surface area contributed by atoms with Gasteiger partial charge in [0.2, 0.25) is 0 Å². The molecule has 24 heavy (non-hydrogen) atoms. The Morgan fingerprint density at radius 2 is 2.12 bits per heavy atom. The molecule has 3 saturated heterocycles. The fourth-order valence-corrected chi connectivity index (χ4v) is 4.16. The van der Waals surface area contributed by atoms with Gasteiger partial charge in [0.05, 0.1) is 5.02 Å². The van der Waals surface area contributed by atoms with Crippen molar-refractivity contribution in [3.63, 3.8) is 0 Å². The van der Waals surface area contributed by atoms with E-state index in [9.17, 15) is 4.79 Å². The molecule has 0 radical (unpaired) electrons. The number of furan rings is 1. The number of carbonyl (C=O) groups is 1. The van der Waals surface area contributed by atoms with Crippen LogP contribution in [0.1, 0.15) is 30.3 Å². The van der Waals surface area contributed by atoms with Crippen molar-refractivity contribution in [1.82, 2.24) is 15.2 Å². The molecule has 0 aliphatic carbocycles. The van der Waals surface area contributed by atoms with Gasteiger partial charge in [-0.25, -0.2) is 0 Å². The number of amides is 1. The molecule has 2 aromatic heterocycles. The van der Waals surface area contributed by atoms with Gasteiger partial charge >= 0.3 is 0 Å². The summed E-state index contributed by atoms with van der Waals surface area (Å²) in [5, 5.41) is 3.68. The molecular weight excluding hydrogens is 326 g/mol. The van der Waals surface area contributed by atoms with Crippen LogP contribution in [0.5, 0.6) is 0 Å². The smallest absolute Gasteiger partial charge is 0.287 e. The summed E-state index contributed by atoms with van der Waals surface area (Å²) in [6.07, 6.45) is 5.53. The second kappa shape index (κ2) is 6.22. The highest BCUT2D eigenvalue weighted by Crippen LogP contribution is 2.33. The number of fused-ring (bicyclic) bond motifs is 3. The van der Waals surface area contributed by atoms with Crippen LogP contribution in [0.4, 0.5) is 0 Å². The molecule has 3 aliphatic rings. The number of pyridine rings is 1. The van der Waals surface area contributed by atoms with Crippen molar-refractivity contribution in [3.05, 3.63) is 41.4 Å². The van der Waals surface area contributed by atoms with E-state index in [-0.39, 0.29) is 11.9 Å². The molecule has 3 aliphatic heterocycles. The molecule has 0 unspecified atom stereocenters. The predicted molar refractivity (Wildman–Crippen MR) is 92.0 cm³/mol. The van der Waals surface area contributed by atoms with Crippen molar-refractivity contribution in [2.45, 2.75) is 31.8 Å². The average Bonchev–Trinajstić information content (AvgIpc) is 3.09. The third-order valence-corrected chi connectivity index (χ3v) is 5.64. The Balaban J connectivity index is 1.51. The zero-order valence-electron chi connectivity index (χ0n) is 13.5. The molecule has 3 fully saturated rings. The fraction of sp³-hybridized carbons (Fsp3) is 0.444. The number of nitrogens with zero attached hydrogens (tertiary/aromatic N) is 2. The lowest BCUT2D eigenvalue weighted by Crippen LogP contribution is -2.62. The first-order valence-corrected chi connectivity index (χ1v) is 8.76. The number of piperidine rings is 3. The van der Waals surface area contributed by atoms with Crippen LogP contribution in [0.15, 0.2) is 35.0 Å². The van der Waals surface area contributed by atoms with E-state index in [1.807, 2.05) is 0 Å². The van der Waals surface area contributed by atoms with Gasteiger partial charge in [-0.05, 0) is 57.0 Å². The lowest BCUT2D eigenvalue weighted by molar-refractivity contribution is 0.0211. The Labute approximate surface area is 146 Å². The topological polar surface area (TPSA) is 58.4 Å². The Morgan fingerprint density at radius 1 is 1.33 bits per heavy atom. The van der Waals surface area contributed by atoms with E-state index in [2.05, 4.69) is 22.1 Å². The highest BCUT2D eigenvalue weighted by atomic mass is 35.5. The highest BCUT2D eigenvalue weighted by Gasteiger charge is 2.40. The summed E-state index contributed by atoms with van der Waals surface area (Å²) >= 11 is 6.14. The Hall–Kier alpha value is -1.85. The first-order valence-electron chi connectivity index (χ1n) is 8.38. The minimum Gasteiger partial charge on any atom is -0.451 e. The van der Waals surface area contributed by atoms with Crippen molar-refractivity contribution in [2.75, 3.05) is 13.1 Å². The fourth-order valence-electron chi connectivity index (χ4n) is 3.95. The molecule has 1 N–H and O–H groups in total. The largest absolute Gasteiger partial charge is 0.451 e. The van der Waals surface area contributed by atoms with E-state index in [4.69, 9.17) is 16.0 Å². The molecule has 5 rings (SSSR count). The highest BCUT2D eigenvalue weighted by molar-refractivity contribution is 6.33. The van der Waals surface area contributed by atoms with Crippen LogP contribution in [0.3, 0.4) is 0 Å². The minimum atomic E-state index is -0.156. The monoisotopic (exact) mass is 345 g/mol. The first kappa shape index (κ1) is 15.7. The SMILES string of the molecule is C[C@H]1[C@H](NC(=O)c2ccc(-c3ccncc3Cl)o2)C2CCN1CC2. The van der Waals surface area contributed by atoms with Crippen molar-refractivity contribution >= 4 is 17.5 Å². The molecule has 0 aromatic carbocycles. The number of hydrogen-bond acceptors (Lipinski definition) is 4. The van der Waals surface area contributed by atoms with Gasteiger partial charge in [-0.3, -0.25) is 14.7 Å². The van der Waals surface area contributed by atoms with E-state index in [0.717, 1.165) is 31.5 Å². The molecule has 0 saturated carbocycles. The molecule has 2 bridgehead atoms. The van der Waals surface area contributed by atoms with Crippen LogP contribution in [0, 0.1) is 5.92 Å². The summed E-state index contributed by atoms with van der Waals surface area (Å²) in [5.41, 5.74) is 0.738. The van der Waals surface area contributed by atoms with Crippen molar-refractivity contribution in [3.8, 4) is 11.3 Å². The molecule has 6 heteroatoms. The molecule has 5 heterocycles. The number of hydrogen-bond donors (Lipinski definition) is 1. The van der Waals surface area contributed by atoms with Gasteiger partial charge in [0.25, 0.3) is 5.91 Å². The molecule has 1 amide bonds. The van der Waals surface area contributed by atoms with E-state index < -0.39 is 0 Å². The molecular formula is C18H20ClN3O2. The lowest BCUT2D eigenvalue weighted by Gasteiger charge is -2.49. The van der Waals surface area contributed by atoms with Crippen LogP contribution in [0.2, 0.25) is 5.02 Å². The quantitative estimate of drug-likeness (QED) is 0.928. The van der Waals surface area contributed by atoms with Crippen LogP contribution < -0.4 is 5.32 Å². The summed E-state index contributed by atoms with van der Waals surface area (Å²) in [6, 6.07) is 5.82. The molecule has 0 spiro atoms. The predicted octanol–water partition coefficient (Wildman–Crippen LogP) is 3.21. The number of rotatable bonds is 3. The van der Waals surface area contributed by atoms with Crippen molar-refractivity contribution in [2.24, 2.45) is 5.92 Å². The van der Waals surface area contributed by atoms with Crippen LogP contribution in [0.25, 0.3) is 11.3 Å². The summed E-state index contributed by atoms with van der Waals surface area (Å²) < 4.78 is 5.73. The molecule has 2 aromatic rings. The second-order valence-corrected chi connectivity index (χ2v) is 7.04. The standard InChI is InChI=1S/C18H20ClN3O2/c1-11-17(12-5-8-22(11)9-6-12)21-18(23)16-3-2-15(24-16)13-4-7-20-10-14(13)19/h2-4,7,10-12,17H,5-6,8-9H2,1H3,(H,21,23)/t11-,17-/m0/s1. The van der Waals surface area contributed by atoms with E-state index in [0.29, 0.717) is 28.5 Å². The summed E-state index contributed by atoms with van der Waals surface area (Å²) in [6.45, 7) is 4.48. The van der Waals surface area contributed by atoms with Crippen LogP contribution in [-0.4, -0.2) is 41.0 Å². The van der Waals surface area contributed by atoms with Crippen molar-refractivity contribution < 1.29 is 9.21 Å². The maximum atomic E-state index is 12.6. The second-order valence-electron chi connectivity index (χ2n) is 6.63. The lowest BCUT2D eigenvalue weighted by atomic mass is 9.79.